The highest BCUT2D eigenvalue weighted by Crippen LogP contribution is 2.28. The number of anilines is 1. The van der Waals surface area contributed by atoms with Gasteiger partial charge in [-0.3, -0.25) is 9.59 Å². The summed E-state index contributed by atoms with van der Waals surface area (Å²) >= 11 is 0. The third-order valence-corrected chi connectivity index (χ3v) is 2.79. The lowest BCUT2D eigenvalue weighted by Crippen LogP contribution is -2.35. The van der Waals surface area contributed by atoms with Crippen molar-refractivity contribution in [2.24, 2.45) is 11.8 Å². The van der Waals surface area contributed by atoms with E-state index >= 15 is 0 Å². The largest absolute Gasteiger partial charge is 0.354 e. The number of carbonyl (C=O) groups is 2. The Morgan fingerprint density at radius 2 is 2.00 bits per heavy atom. The fourth-order valence-electron chi connectivity index (χ4n) is 1.58. The number of pyridine rings is 1. The lowest BCUT2D eigenvalue weighted by molar-refractivity contribution is -0.122. The van der Waals surface area contributed by atoms with Gasteiger partial charge in [-0.05, 0) is 25.0 Å². The highest BCUT2D eigenvalue weighted by Gasteiger charge is 2.28. The summed E-state index contributed by atoms with van der Waals surface area (Å²) in [6.45, 7) is 0.801. The van der Waals surface area contributed by atoms with E-state index in [1.54, 1.807) is 18.2 Å². The number of nitrogens with one attached hydrogen (secondary N) is 3. The van der Waals surface area contributed by atoms with E-state index in [9.17, 15) is 9.59 Å². The number of rotatable bonds is 6. The van der Waals surface area contributed by atoms with E-state index in [0.29, 0.717) is 18.9 Å². The minimum absolute atomic E-state index is 0.0710. The maximum Gasteiger partial charge on any atom is 0.270 e. The van der Waals surface area contributed by atoms with Crippen LogP contribution in [0.4, 0.5) is 5.82 Å². The van der Waals surface area contributed by atoms with Gasteiger partial charge in [0.2, 0.25) is 5.91 Å². The minimum atomic E-state index is -0.294. The van der Waals surface area contributed by atoms with Crippen LogP contribution in [0.25, 0.3) is 0 Å². The Balaban J connectivity index is 1.72. The molecule has 0 atom stereocenters. The van der Waals surface area contributed by atoms with Crippen molar-refractivity contribution in [1.82, 2.24) is 15.6 Å². The van der Waals surface area contributed by atoms with Gasteiger partial charge in [0.1, 0.15) is 11.5 Å². The van der Waals surface area contributed by atoms with Crippen LogP contribution in [0.3, 0.4) is 0 Å². The first-order chi connectivity index (χ1) is 9.20. The first kappa shape index (κ1) is 13.3. The van der Waals surface area contributed by atoms with Gasteiger partial charge in [0.05, 0.1) is 0 Å². The first-order valence-corrected chi connectivity index (χ1v) is 6.20. The molecular weight excluding hydrogens is 246 g/mol. The van der Waals surface area contributed by atoms with Crippen molar-refractivity contribution < 1.29 is 9.59 Å². The highest BCUT2D eigenvalue weighted by atomic mass is 16.2. The molecule has 0 aliphatic heterocycles. The Hall–Kier alpha value is -2.15. The van der Waals surface area contributed by atoms with Gasteiger partial charge in [-0.25, -0.2) is 10.8 Å². The standard InChI is InChI=1S/C12H17N5O2/c13-17-10-3-1-2-9(16-10)12(19)15-7-6-14-11(18)8-4-5-8/h1-3,8H,4-7,13H2,(H,14,18)(H,15,19)(H,16,17). The molecule has 0 spiro atoms. The Morgan fingerprint density at radius 1 is 1.26 bits per heavy atom. The molecule has 0 aromatic carbocycles. The van der Waals surface area contributed by atoms with Crippen LogP contribution >= 0.6 is 0 Å². The second-order valence-electron chi connectivity index (χ2n) is 4.37. The number of nitrogen functional groups attached to an aromatic ring is 1. The molecule has 1 heterocycles. The van der Waals surface area contributed by atoms with E-state index in [-0.39, 0.29) is 23.4 Å². The fourth-order valence-corrected chi connectivity index (χ4v) is 1.58. The number of nitrogens with two attached hydrogens (primary N) is 1. The molecule has 0 saturated heterocycles. The van der Waals surface area contributed by atoms with Crippen molar-refractivity contribution in [2.75, 3.05) is 18.5 Å². The van der Waals surface area contributed by atoms with Crippen molar-refractivity contribution in [3.05, 3.63) is 23.9 Å². The lowest BCUT2D eigenvalue weighted by atomic mass is 10.3. The Bertz CT molecular complexity index is 473. The zero-order valence-corrected chi connectivity index (χ0v) is 10.5. The van der Waals surface area contributed by atoms with Gasteiger partial charge < -0.3 is 16.1 Å². The van der Waals surface area contributed by atoms with Crippen LogP contribution in [-0.4, -0.2) is 29.9 Å². The molecule has 7 heteroatoms. The topological polar surface area (TPSA) is 109 Å². The smallest absolute Gasteiger partial charge is 0.270 e. The maximum atomic E-state index is 11.7. The van der Waals surface area contributed by atoms with E-state index < -0.39 is 0 Å². The second kappa shape index (κ2) is 6.14. The van der Waals surface area contributed by atoms with Crippen molar-refractivity contribution in [3.63, 3.8) is 0 Å². The average molecular weight is 263 g/mol. The van der Waals surface area contributed by atoms with Crippen LogP contribution in [0.2, 0.25) is 0 Å². The third kappa shape index (κ3) is 3.92. The molecule has 5 N–H and O–H groups in total. The number of hydrogen-bond acceptors (Lipinski definition) is 5. The molecule has 1 fully saturated rings. The Kier molecular flexibility index (Phi) is 4.30. The number of aromatic nitrogens is 1. The number of hydrazine groups is 1. The van der Waals surface area contributed by atoms with Crippen LogP contribution in [0.5, 0.6) is 0 Å². The minimum Gasteiger partial charge on any atom is -0.354 e. The molecule has 2 rings (SSSR count). The summed E-state index contributed by atoms with van der Waals surface area (Å²) in [5, 5.41) is 5.45. The molecule has 19 heavy (non-hydrogen) atoms. The summed E-state index contributed by atoms with van der Waals surface area (Å²) in [5.41, 5.74) is 2.66. The van der Waals surface area contributed by atoms with Crippen molar-refractivity contribution in [3.8, 4) is 0 Å². The fraction of sp³-hybridized carbons (Fsp3) is 0.417. The number of hydrogen-bond donors (Lipinski definition) is 4. The summed E-state index contributed by atoms with van der Waals surface area (Å²) in [4.78, 5) is 27.1. The maximum absolute atomic E-state index is 11.7. The Morgan fingerprint density at radius 3 is 2.68 bits per heavy atom. The predicted molar refractivity (Wildman–Crippen MR) is 70.1 cm³/mol. The summed E-state index contributed by atoms with van der Waals surface area (Å²) < 4.78 is 0. The quantitative estimate of drug-likeness (QED) is 0.318. The van der Waals surface area contributed by atoms with Gasteiger partial charge in [-0.1, -0.05) is 6.07 Å². The molecule has 1 aromatic rings. The van der Waals surface area contributed by atoms with Gasteiger partial charge in [-0.2, -0.15) is 0 Å². The van der Waals surface area contributed by atoms with Crippen LogP contribution in [0, 0.1) is 5.92 Å². The molecule has 1 aliphatic rings. The number of nitrogens with zero attached hydrogens (tertiary/aromatic N) is 1. The van der Waals surface area contributed by atoms with Gasteiger partial charge >= 0.3 is 0 Å². The van der Waals surface area contributed by atoms with Crippen LogP contribution < -0.4 is 21.9 Å². The average Bonchev–Trinajstić information content (AvgIpc) is 3.27. The number of amides is 2. The van der Waals surface area contributed by atoms with Crippen molar-refractivity contribution >= 4 is 17.6 Å². The molecule has 1 saturated carbocycles. The van der Waals surface area contributed by atoms with E-state index in [1.165, 1.54) is 0 Å². The molecule has 1 aromatic heterocycles. The monoisotopic (exact) mass is 263 g/mol. The van der Waals surface area contributed by atoms with E-state index in [1.807, 2.05) is 0 Å². The van der Waals surface area contributed by atoms with Crippen LogP contribution in [0.1, 0.15) is 23.3 Å². The van der Waals surface area contributed by atoms with Crippen molar-refractivity contribution in [2.45, 2.75) is 12.8 Å². The molecule has 0 radical (unpaired) electrons. The van der Waals surface area contributed by atoms with E-state index in [0.717, 1.165) is 12.8 Å². The molecular formula is C12H17N5O2. The molecule has 2 amide bonds. The predicted octanol–water partition coefficient (Wildman–Crippen LogP) is -0.377. The summed E-state index contributed by atoms with van der Waals surface area (Å²) in [6.07, 6.45) is 1.95. The summed E-state index contributed by atoms with van der Waals surface area (Å²) in [5.74, 6) is 5.60. The van der Waals surface area contributed by atoms with Gasteiger partial charge in [-0.15, -0.1) is 0 Å². The molecule has 0 bridgehead atoms. The van der Waals surface area contributed by atoms with Crippen LogP contribution in [0.15, 0.2) is 18.2 Å². The first-order valence-electron chi connectivity index (χ1n) is 6.20. The van der Waals surface area contributed by atoms with Gasteiger partial charge in [0.25, 0.3) is 5.91 Å². The second-order valence-corrected chi connectivity index (χ2v) is 4.37. The molecule has 1 aliphatic carbocycles. The SMILES string of the molecule is NNc1cccc(C(=O)NCCNC(=O)C2CC2)n1. The van der Waals surface area contributed by atoms with Crippen LogP contribution in [-0.2, 0) is 4.79 Å². The van der Waals surface area contributed by atoms with E-state index in [4.69, 9.17) is 5.84 Å². The van der Waals surface area contributed by atoms with Gasteiger partial charge in [0.15, 0.2) is 0 Å². The van der Waals surface area contributed by atoms with Crippen molar-refractivity contribution in [1.29, 1.82) is 0 Å². The summed E-state index contributed by atoms with van der Waals surface area (Å²) in [6, 6.07) is 4.94. The molecule has 102 valence electrons. The zero-order chi connectivity index (χ0) is 13.7. The zero-order valence-electron chi connectivity index (χ0n) is 10.5. The molecule has 7 nitrogen and oxygen atoms in total. The summed E-state index contributed by atoms with van der Waals surface area (Å²) in [7, 11) is 0. The highest BCUT2D eigenvalue weighted by molar-refractivity contribution is 5.92. The van der Waals surface area contributed by atoms with E-state index in [2.05, 4.69) is 21.0 Å². The lowest BCUT2D eigenvalue weighted by Gasteiger charge is -2.07. The normalized spacial score (nSPS) is 13.7. The van der Waals surface area contributed by atoms with Gasteiger partial charge in [0, 0.05) is 19.0 Å². The Labute approximate surface area is 110 Å². The molecule has 0 unspecified atom stereocenters. The third-order valence-electron chi connectivity index (χ3n) is 2.79. The number of carbonyl (C=O) groups excluding carboxylic acids is 2.